The third-order valence-electron chi connectivity index (χ3n) is 7.59. The van der Waals surface area contributed by atoms with Crippen LogP contribution in [0.3, 0.4) is 0 Å². The Bertz CT molecular complexity index is 432. The van der Waals surface area contributed by atoms with Crippen molar-refractivity contribution in [1.29, 1.82) is 0 Å². The maximum absolute atomic E-state index is 13.2. The van der Waals surface area contributed by atoms with E-state index in [0.717, 1.165) is 49.9 Å². The van der Waals surface area contributed by atoms with Crippen molar-refractivity contribution in [3.05, 3.63) is 0 Å². The van der Waals surface area contributed by atoms with Crippen LogP contribution in [-0.2, 0) is 4.79 Å². The highest BCUT2D eigenvalue weighted by Crippen LogP contribution is 2.57. The van der Waals surface area contributed by atoms with Crippen molar-refractivity contribution in [2.75, 3.05) is 26.2 Å². The Balaban J connectivity index is 0.00000125. The monoisotopic (exact) mass is 324 g/mol. The molecule has 1 unspecified atom stereocenters. The molecule has 4 aliphatic carbocycles. The van der Waals surface area contributed by atoms with Gasteiger partial charge in [-0.15, -0.1) is 12.4 Å². The molecule has 4 bridgehead atoms. The maximum Gasteiger partial charge on any atom is 0.226 e. The first-order valence-corrected chi connectivity index (χ1v) is 9.22. The van der Waals surface area contributed by atoms with E-state index in [1.54, 1.807) is 0 Å². The highest BCUT2D eigenvalue weighted by atomic mass is 35.5. The van der Waals surface area contributed by atoms with Gasteiger partial charge in [-0.1, -0.05) is 0 Å². The van der Waals surface area contributed by atoms with E-state index in [2.05, 4.69) is 10.2 Å². The highest BCUT2D eigenvalue weighted by molar-refractivity contribution is 5.85. The van der Waals surface area contributed by atoms with Gasteiger partial charge in [0.2, 0.25) is 5.91 Å². The lowest BCUT2D eigenvalue weighted by atomic mass is 9.51. The van der Waals surface area contributed by atoms with E-state index in [1.807, 2.05) is 0 Å². The molecule has 4 saturated carbocycles. The van der Waals surface area contributed by atoms with Crippen molar-refractivity contribution in [2.24, 2.45) is 35.0 Å². The van der Waals surface area contributed by atoms with Crippen molar-refractivity contribution in [3.63, 3.8) is 0 Å². The molecule has 0 aromatic rings. The number of hydrogen-bond acceptors (Lipinski definition) is 2. The number of amides is 1. The molecule has 2 saturated heterocycles. The van der Waals surface area contributed by atoms with Gasteiger partial charge in [0.05, 0.1) is 0 Å². The van der Waals surface area contributed by atoms with E-state index in [1.165, 1.54) is 44.9 Å². The second-order valence-electron chi connectivity index (χ2n) is 8.89. The number of rotatable bonds is 1. The number of hydrogen-bond donors (Lipinski definition) is 1. The second-order valence-corrected chi connectivity index (χ2v) is 8.89. The van der Waals surface area contributed by atoms with Gasteiger partial charge in [-0.25, -0.2) is 0 Å². The molecule has 3 nitrogen and oxygen atoms in total. The Morgan fingerprint density at radius 2 is 1.68 bits per heavy atom. The summed E-state index contributed by atoms with van der Waals surface area (Å²) in [6.45, 7) is 4.36. The van der Waals surface area contributed by atoms with Crippen LogP contribution in [0, 0.1) is 35.0 Å². The van der Waals surface area contributed by atoms with Gasteiger partial charge >= 0.3 is 0 Å². The van der Waals surface area contributed by atoms with Crippen LogP contribution in [0.15, 0.2) is 0 Å². The SMILES string of the molecule is Cl.O=C(C1C2CC3CC(C2)CC1C3)N1CCC2(CCNC2)C1. The summed E-state index contributed by atoms with van der Waals surface area (Å²) in [5.41, 5.74) is 0.432. The van der Waals surface area contributed by atoms with E-state index in [4.69, 9.17) is 0 Å². The number of carbonyl (C=O) groups is 1. The lowest BCUT2D eigenvalue weighted by molar-refractivity contribution is -0.148. The molecule has 1 atom stereocenters. The molecule has 0 radical (unpaired) electrons. The average Bonchev–Trinajstić information content (AvgIpc) is 3.08. The number of halogens is 1. The van der Waals surface area contributed by atoms with Crippen molar-refractivity contribution in [3.8, 4) is 0 Å². The maximum atomic E-state index is 13.2. The summed E-state index contributed by atoms with van der Waals surface area (Å²) in [4.78, 5) is 15.4. The van der Waals surface area contributed by atoms with Crippen LogP contribution in [0.5, 0.6) is 0 Å². The molecule has 2 aliphatic heterocycles. The normalized spacial score (nSPS) is 48.9. The Morgan fingerprint density at radius 3 is 2.27 bits per heavy atom. The van der Waals surface area contributed by atoms with Gasteiger partial charge in [-0.2, -0.15) is 0 Å². The van der Waals surface area contributed by atoms with Crippen LogP contribution in [0.25, 0.3) is 0 Å². The number of likely N-dealkylation sites (tertiary alicyclic amines) is 1. The summed E-state index contributed by atoms with van der Waals surface area (Å²) in [5, 5.41) is 3.51. The van der Waals surface area contributed by atoms with Gasteiger partial charge in [0.25, 0.3) is 0 Å². The molecule has 1 amide bonds. The zero-order valence-corrected chi connectivity index (χ0v) is 14.2. The summed E-state index contributed by atoms with van der Waals surface area (Å²) in [5.74, 6) is 4.38. The van der Waals surface area contributed by atoms with Crippen LogP contribution in [0.1, 0.15) is 44.9 Å². The topological polar surface area (TPSA) is 32.3 Å². The molecule has 1 N–H and O–H groups in total. The molecule has 2 heterocycles. The summed E-state index contributed by atoms with van der Waals surface area (Å²) >= 11 is 0. The first-order chi connectivity index (χ1) is 10.2. The van der Waals surface area contributed by atoms with Gasteiger partial charge < -0.3 is 10.2 Å². The van der Waals surface area contributed by atoms with E-state index >= 15 is 0 Å². The molecule has 124 valence electrons. The largest absolute Gasteiger partial charge is 0.342 e. The minimum atomic E-state index is 0. The zero-order chi connectivity index (χ0) is 14.0. The second kappa shape index (κ2) is 5.37. The van der Waals surface area contributed by atoms with E-state index < -0.39 is 0 Å². The lowest BCUT2D eigenvalue weighted by Gasteiger charge is -2.54. The van der Waals surface area contributed by atoms with Crippen molar-refractivity contribution >= 4 is 18.3 Å². The third kappa shape index (κ3) is 2.23. The van der Waals surface area contributed by atoms with Gasteiger partial charge in [-0.3, -0.25) is 4.79 Å². The van der Waals surface area contributed by atoms with Crippen LogP contribution in [0.4, 0.5) is 0 Å². The molecule has 1 spiro atoms. The fraction of sp³-hybridized carbons (Fsp3) is 0.944. The number of nitrogens with one attached hydrogen (secondary N) is 1. The van der Waals surface area contributed by atoms with Crippen molar-refractivity contribution in [2.45, 2.75) is 44.9 Å². The standard InChI is InChI=1S/C18H28N2O.ClH/c21-17(20-4-2-18(11-20)1-3-19-10-18)16-14-6-12-5-13(8-14)9-15(16)7-12;/h12-16,19H,1-11H2;1H. The molecule has 6 fully saturated rings. The van der Waals surface area contributed by atoms with Crippen LogP contribution in [0.2, 0.25) is 0 Å². The summed E-state index contributed by atoms with van der Waals surface area (Å²) in [6.07, 6.45) is 9.45. The minimum Gasteiger partial charge on any atom is -0.342 e. The zero-order valence-electron chi connectivity index (χ0n) is 13.4. The van der Waals surface area contributed by atoms with Gasteiger partial charge in [-0.05, 0) is 75.2 Å². The predicted molar refractivity (Wildman–Crippen MR) is 88.9 cm³/mol. The molecule has 4 heteroatoms. The summed E-state index contributed by atoms with van der Waals surface area (Å²) < 4.78 is 0. The van der Waals surface area contributed by atoms with Gasteiger partial charge in [0, 0.05) is 31.0 Å². The Hall–Kier alpha value is -0.280. The predicted octanol–water partition coefficient (Wildman–Crippen LogP) is 2.69. The van der Waals surface area contributed by atoms with Crippen LogP contribution < -0.4 is 5.32 Å². The minimum absolute atomic E-state index is 0. The molecule has 0 aromatic carbocycles. The first kappa shape index (κ1) is 15.3. The molecule has 6 aliphatic rings. The van der Waals surface area contributed by atoms with Crippen molar-refractivity contribution < 1.29 is 4.79 Å². The molecule has 6 rings (SSSR count). The fourth-order valence-electron chi connectivity index (χ4n) is 6.81. The van der Waals surface area contributed by atoms with E-state index in [0.29, 0.717) is 17.2 Å². The summed E-state index contributed by atoms with van der Waals surface area (Å²) in [7, 11) is 0. The lowest BCUT2D eigenvalue weighted by Crippen LogP contribution is -2.51. The van der Waals surface area contributed by atoms with E-state index in [-0.39, 0.29) is 12.4 Å². The van der Waals surface area contributed by atoms with Gasteiger partial charge in [0.15, 0.2) is 0 Å². The smallest absolute Gasteiger partial charge is 0.226 e. The average molecular weight is 325 g/mol. The first-order valence-electron chi connectivity index (χ1n) is 9.22. The highest BCUT2D eigenvalue weighted by Gasteiger charge is 2.53. The Kier molecular flexibility index (Phi) is 3.73. The van der Waals surface area contributed by atoms with Crippen LogP contribution in [-0.4, -0.2) is 37.0 Å². The Labute approximate surface area is 140 Å². The quantitative estimate of drug-likeness (QED) is 0.804. The van der Waals surface area contributed by atoms with Crippen LogP contribution >= 0.6 is 12.4 Å². The molecular formula is C18H29ClN2O. The third-order valence-corrected chi connectivity index (χ3v) is 7.59. The van der Waals surface area contributed by atoms with Crippen molar-refractivity contribution in [1.82, 2.24) is 10.2 Å². The fourth-order valence-corrected chi connectivity index (χ4v) is 6.81. The van der Waals surface area contributed by atoms with E-state index in [9.17, 15) is 4.79 Å². The summed E-state index contributed by atoms with van der Waals surface area (Å²) in [6, 6.07) is 0. The Morgan fingerprint density at radius 1 is 1.00 bits per heavy atom. The molecule has 22 heavy (non-hydrogen) atoms. The van der Waals surface area contributed by atoms with Gasteiger partial charge in [0.1, 0.15) is 0 Å². The molecular weight excluding hydrogens is 296 g/mol. The molecule has 0 aromatic heterocycles. The number of carbonyl (C=O) groups excluding carboxylic acids is 1. The number of nitrogens with zero attached hydrogens (tertiary/aromatic N) is 1.